The third-order valence-electron chi connectivity index (χ3n) is 5.73. The molecule has 0 spiro atoms. The molecule has 0 bridgehead atoms. The summed E-state index contributed by atoms with van der Waals surface area (Å²) >= 11 is 13.1. The highest BCUT2D eigenvalue weighted by Crippen LogP contribution is 2.40. The molecule has 1 aliphatic carbocycles. The number of halogens is 7. The quantitative estimate of drug-likeness (QED) is 0.102. The summed E-state index contributed by atoms with van der Waals surface area (Å²) < 4.78 is 81.4. The van der Waals surface area contributed by atoms with E-state index in [1.54, 1.807) is 13.0 Å². The first-order valence-corrected chi connectivity index (χ1v) is 13.6. The Morgan fingerprint density at radius 3 is 2.48 bits per heavy atom. The first-order chi connectivity index (χ1) is 18.9. The molecule has 0 saturated heterocycles. The minimum Gasteiger partial charge on any atom is -0.489 e. The highest BCUT2D eigenvalue weighted by atomic mass is 35.5. The zero-order chi connectivity index (χ0) is 29.4. The molecule has 216 valence electrons. The molecule has 0 aromatic heterocycles. The van der Waals surface area contributed by atoms with E-state index >= 15 is 0 Å². The van der Waals surface area contributed by atoms with Gasteiger partial charge in [-0.1, -0.05) is 54.1 Å². The molecule has 12 heteroatoms. The molecule has 1 saturated carbocycles. The Kier molecular flexibility index (Phi) is 11.4. The lowest BCUT2D eigenvalue weighted by Gasteiger charge is -2.22. The Balaban J connectivity index is 1.96. The highest BCUT2D eigenvalue weighted by molar-refractivity contribution is 8.13. The summed E-state index contributed by atoms with van der Waals surface area (Å²) in [6.07, 6.45) is -0.925. The standard InChI is InChI=1S/C28H25Cl2F5O4S/c1-3-21(29)20(22(30)4-2)14-24(39-27(36)40-19-7-5-6-18(13-19)28(33,34)35)17-10-11-23(38-26(31)32)25(12-17)37-15-16-8-9-16/h3-7,10-13,16,24,26H,1,8-9,14-15H2,2H3/b21-20+,22-4+/t24-/m0/s1. The van der Waals surface area contributed by atoms with Crippen LogP contribution in [0.25, 0.3) is 0 Å². The van der Waals surface area contributed by atoms with Crippen molar-refractivity contribution in [1.29, 1.82) is 0 Å². The van der Waals surface area contributed by atoms with E-state index in [1.165, 1.54) is 36.4 Å². The van der Waals surface area contributed by atoms with Crippen molar-refractivity contribution >= 4 is 40.3 Å². The monoisotopic (exact) mass is 622 g/mol. The molecular formula is C28H25Cl2F5O4S. The van der Waals surface area contributed by atoms with Gasteiger partial charge in [-0.15, -0.1) is 0 Å². The molecule has 0 unspecified atom stereocenters. The fourth-order valence-corrected chi connectivity index (χ4v) is 4.61. The number of rotatable bonds is 12. The van der Waals surface area contributed by atoms with Crippen LogP contribution in [0, 0.1) is 5.92 Å². The number of carbonyl (C=O) groups excluding carboxylic acids is 1. The minimum atomic E-state index is -4.59. The van der Waals surface area contributed by atoms with Crippen molar-refractivity contribution in [2.45, 2.75) is 50.0 Å². The zero-order valence-electron chi connectivity index (χ0n) is 21.2. The number of ether oxygens (including phenoxy) is 3. The number of carbonyl (C=O) groups is 1. The Bertz CT molecular complexity index is 1280. The van der Waals surface area contributed by atoms with Gasteiger partial charge >= 0.3 is 18.1 Å². The van der Waals surface area contributed by atoms with Gasteiger partial charge in [-0.3, -0.25) is 0 Å². The summed E-state index contributed by atoms with van der Waals surface area (Å²) in [6, 6.07) is 8.33. The molecule has 0 radical (unpaired) electrons. The van der Waals surface area contributed by atoms with Gasteiger partial charge in [0.05, 0.1) is 12.2 Å². The Morgan fingerprint density at radius 1 is 1.15 bits per heavy atom. The molecule has 0 N–H and O–H groups in total. The molecule has 1 atom stereocenters. The molecule has 0 heterocycles. The van der Waals surface area contributed by atoms with Crippen LogP contribution in [0.1, 0.15) is 43.4 Å². The Labute approximate surface area is 242 Å². The van der Waals surface area contributed by atoms with E-state index < -0.39 is 29.8 Å². The average Bonchev–Trinajstić information content (AvgIpc) is 3.73. The maximum absolute atomic E-state index is 13.1. The van der Waals surface area contributed by atoms with Gasteiger partial charge in [0.1, 0.15) is 6.10 Å². The van der Waals surface area contributed by atoms with Gasteiger partial charge in [-0.2, -0.15) is 22.0 Å². The first-order valence-electron chi connectivity index (χ1n) is 12.0. The fraction of sp³-hybridized carbons (Fsp3) is 0.321. The summed E-state index contributed by atoms with van der Waals surface area (Å²) in [5.41, 5.74) is -0.218. The number of alkyl halides is 5. The van der Waals surface area contributed by atoms with Crippen LogP contribution >= 0.6 is 35.0 Å². The first kappa shape index (κ1) is 31.8. The third kappa shape index (κ3) is 9.45. The number of hydrogen-bond acceptors (Lipinski definition) is 5. The van der Waals surface area contributed by atoms with Gasteiger partial charge in [0.2, 0.25) is 0 Å². The number of thioether (sulfide) groups is 1. The predicted molar refractivity (Wildman–Crippen MR) is 145 cm³/mol. The van der Waals surface area contributed by atoms with Crippen molar-refractivity contribution < 1.29 is 41.0 Å². The van der Waals surface area contributed by atoms with Crippen LogP contribution in [-0.4, -0.2) is 18.5 Å². The average molecular weight is 623 g/mol. The lowest BCUT2D eigenvalue weighted by Crippen LogP contribution is -2.12. The molecule has 2 aromatic carbocycles. The van der Waals surface area contributed by atoms with E-state index in [4.69, 9.17) is 32.7 Å². The van der Waals surface area contributed by atoms with E-state index in [-0.39, 0.29) is 39.5 Å². The zero-order valence-corrected chi connectivity index (χ0v) is 23.5. The molecule has 40 heavy (non-hydrogen) atoms. The van der Waals surface area contributed by atoms with Gasteiger partial charge in [0.25, 0.3) is 0 Å². The van der Waals surface area contributed by atoms with Crippen LogP contribution in [0.3, 0.4) is 0 Å². The molecule has 2 aromatic rings. The van der Waals surface area contributed by atoms with Crippen molar-refractivity contribution in [3.63, 3.8) is 0 Å². The summed E-state index contributed by atoms with van der Waals surface area (Å²) in [4.78, 5) is 12.9. The van der Waals surface area contributed by atoms with Crippen LogP contribution in [0.5, 0.6) is 11.5 Å². The molecule has 1 aliphatic rings. The van der Waals surface area contributed by atoms with Gasteiger partial charge < -0.3 is 14.2 Å². The maximum atomic E-state index is 13.1. The van der Waals surface area contributed by atoms with Gasteiger partial charge in [0.15, 0.2) is 11.5 Å². The SMILES string of the molecule is C=C/C(Cl)=C(C[C@H](OC(=O)Sc1cccc(C(F)(F)F)c1)c1ccc(OC(F)F)c(OCC2CC2)c1)\C(Cl)=C/C. The third-order valence-corrected chi connectivity index (χ3v) is 7.31. The van der Waals surface area contributed by atoms with Crippen LogP contribution in [0.2, 0.25) is 0 Å². The normalized spacial score (nSPS) is 15.4. The van der Waals surface area contributed by atoms with Gasteiger partial charge in [0, 0.05) is 21.4 Å². The number of hydrogen-bond donors (Lipinski definition) is 0. The molecule has 0 aliphatic heterocycles. The highest BCUT2D eigenvalue weighted by Gasteiger charge is 2.31. The van der Waals surface area contributed by atoms with Gasteiger partial charge in [-0.25, -0.2) is 4.79 Å². The summed E-state index contributed by atoms with van der Waals surface area (Å²) in [7, 11) is 0. The lowest BCUT2D eigenvalue weighted by atomic mass is 9.99. The van der Waals surface area contributed by atoms with E-state index in [0.717, 1.165) is 25.0 Å². The number of benzene rings is 2. The second-order valence-corrected chi connectivity index (χ2v) is 10.5. The predicted octanol–water partition coefficient (Wildman–Crippen LogP) is 10.3. The van der Waals surface area contributed by atoms with Crippen LogP contribution in [-0.2, 0) is 10.9 Å². The minimum absolute atomic E-state index is 0.0130. The second kappa shape index (κ2) is 14.3. The summed E-state index contributed by atoms with van der Waals surface area (Å²) in [5.74, 6) is 0.123. The summed E-state index contributed by atoms with van der Waals surface area (Å²) in [6.45, 7) is 2.50. The van der Waals surface area contributed by atoms with Crippen LogP contribution in [0.15, 0.2) is 81.7 Å². The van der Waals surface area contributed by atoms with Crippen LogP contribution < -0.4 is 9.47 Å². The molecular weight excluding hydrogens is 598 g/mol. The summed E-state index contributed by atoms with van der Waals surface area (Å²) in [5, 5.41) is -0.486. The largest absolute Gasteiger partial charge is 0.489 e. The second-order valence-electron chi connectivity index (χ2n) is 8.69. The Hall–Kier alpha value is -2.69. The smallest absolute Gasteiger partial charge is 0.416 e. The van der Waals surface area contributed by atoms with E-state index in [2.05, 4.69) is 11.3 Å². The lowest BCUT2D eigenvalue weighted by molar-refractivity contribution is -0.137. The van der Waals surface area contributed by atoms with Crippen molar-refractivity contribution in [1.82, 2.24) is 0 Å². The molecule has 0 amide bonds. The number of allylic oxidation sites excluding steroid dienone is 4. The van der Waals surface area contributed by atoms with Crippen molar-refractivity contribution in [3.8, 4) is 11.5 Å². The molecule has 4 nitrogen and oxygen atoms in total. The van der Waals surface area contributed by atoms with Crippen molar-refractivity contribution in [3.05, 3.63) is 88.0 Å². The van der Waals surface area contributed by atoms with E-state index in [9.17, 15) is 26.7 Å². The molecule has 3 rings (SSSR count). The Morgan fingerprint density at radius 2 is 1.88 bits per heavy atom. The van der Waals surface area contributed by atoms with Crippen LogP contribution in [0.4, 0.5) is 26.7 Å². The molecule has 1 fully saturated rings. The van der Waals surface area contributed by atoms with Gasteiger partial charge in [-0.05, 0) is 78.9 Å². The van der Waals surface area contributed by atoms with E-state index in [0.29, 0.717) is 28.8 Å². The van der Waals surface area contributed by atoms with Crippen molar-refractivity contribution in [2.24, 2.45) is 5.92 Å². The fourth-order valence-electron chi connectivity index (χ4n) is 3.52. The maximum Gasteiger partial charge on any atom is 0.416 e. The topological polar surface area (TPSA) is 44.8 Å². The van der Waals surface area contributed by atoms with E-state index in [1.807, 2.05) is 0 Å². The van der Waals surface area contributed by atoms with Crippen molar-refractivity contribution in [2.75, 3.05) is 6.61 Å².